The second-order valence-corrected chi connectivity index (χ2v) is 10.4. The number of nitrogens with zero attached hydrogens (tertiary/aromatic N) is 2. The number of carbonyl (C=O) groups excluding carboxylic acids is 1. The van der Waals surface area contributed by atoms with E-state index in [0.29, 0.717) is 5.69 Å². The number of nitrogens with one attached hydrogen (secondary N) is 2. The number of allylic oxidation sites excluding steroid dienone is 2. The number of aromatic nitrogens is 2. The number of rotatable bonds is 4. The SMILES string of the molecule is CC1(C)CC=C(c2cc(C3(O)CCSCC3)ccc2NC(=O)c2nc(C#N)c[nH]2)CC1. The maximum absolute atomic E-state index is 12.7. The first-order valence-electron chi connectivity index (χ1n) is 10.7. The molecule has 2 aromatic rings. The number of aromatic amines is 1. The summed E-state index contributed by atoms with van der Waals surface area (Å²) in [6, 6.07) is 7.79. The van der Waals surface area contributed by atoms with Crippen molar-refractivity contribution in [2.24, 2.45) is 5.41 Å². The zero-order chi connectivity index (χ0) is 22.1. The minimum atomic E-state index is -0.820. The summed E-state index contributed by atoms with van der Waals surface area (Å²) in [7, 11) is 0. The average Bonchev–Trinajstić information content (AvgIpc) is 3.24. The second-order valence-electron chi connectivity index (χ2n) is 9.20. The van der Waals surface area contributed by atoms with Gasteiger partial charge < -0.3 is 15.4 Å². The first kappa shape index (κ1) is 21.7. The van der Waals surface area contributed by atoms with E-state index in [0.717, 1.165) is 54.7 Å². The van der Waals surface area contributed by atoms with Crippen LogP contribution < -0.4 is 5.32 Å². The van der Waals surface area contributed by atoms with Crippen molar-refractivity contribution in [2.75, 3.05) is 16.8 Å². The fraction of sp³-hybridized carbons (Fsp3) is 0.458. The normalized spacial score (nSPS) is 19.9. The minimum absolute atomic E-state index is 0.105. The van der Waals surface area contributed by atoms with Gasteiger partial charge in [0.15, 0.2) is 11.5 Å². The molecule has 1 aromatic carbocycles. The molecule has 1 saturated heterocycles. The number of nitriles is 1. The van der Waals surface area contributed by atoms with Gasteiger partial charge in [0.25, 0.3) is 5.91 Å². The van der Waals surface area contributed by atoms with Crippen LogP contribution in [0.3, 0.4) is 0 Å². The fourth-order valence-corrected chi connectivity index (χ4v) is 5.37. The summed E-state index contributed by atoms with van der Waals surface area (Å²) in [4.78, 5) is 19.5. The van der Waals surface area contributed by atoms with E-state index in [1.54, 1.807) is 0 Å². The molecule has 1 amide bonds. The molecule has 0 atom stereocenters. The third-order valence-corrected chi connectivity index (χ3v) is 7.34. The molecule has 1 aromatic heterocycles. The number of hydrogen-bond donors (Lipinski definition) is 3. The summed E-state index contributed by atoms with van der Waals surface area (Å²) in [6.07, 6.45) is 8.12. The lowest BCUT2D eigenvalue weighted by Gasteiger charge is -2.34. The van der Waals surface area contributed by atoms with E-state index in [-0.39, 0.29) is 22.8 Å². The Morgan fingerprint density at radius 1 is 1.29 bits per heavy atom. The van der Waals surface area contributed by atoms with Crippen LogP contribution in [0.25, 0.3) is 5.57 Å². The lowest BCUT2D eigenvalue weighted by atomic mass is 9.76. The quantitative estimate of drug-likeness (QED) is 0.636. The molecule has 162 valence electrons. The van der Waals surface area contributed by atoms with Gasteiger partial charge in [-0.15, -0.1) is 0 Å². The standard InChI is InChI=1S/C24H28N4O2S/c1-23(2)7-5-16(6-8-23)19-13-17(24(30)9-11-31-12-10-24)3-4-20(19)28-22(29)21-26-15-18(14-25)27-21/h3-5,13,15,30H,6-12H2,1-2H3,(H,26,27)(H,28,29). The molecule has 7 heteroatoms. The Balaban J connectivity index is 1.69. The van der Waals surface area contributed by atoms with Crippen LogP contribution in [0.15, 0.2) is 30.5 Å². The van der Waals surface area contributed by atoms with E-state index >= 15 is 0 Å². The molecule has 2 heterocycles. The topological polar surface area (TPSA) is 102 Å². The molecule has 1 aliphatic heterocycles. The Labute approximate surface area is 187 Å². The third-order valence-electron chi connectivity index (χ3n) is 6.35. The third kappa shape index (κ3) is 4.70. The molecule has 0 spiro atoms. The van der Waals surface area contributed by atoms with Crippen molar-refractivity contribution in [3.8, 4) is 6.07 Å². The summed E-state index contributed by atoms with van der Waals surface area (Å²) < 4.78 is 0. The van der Waals surface area contributed by atoms with E-state index in [1.807, 2.05) is 30.0 Å². The molecule has 0 radical (unpaired) electrons. The van der Waals surface area contributed by atoms with E-state index < -0.39 is 5.60 Å². The van der Waals surface area contributed by atoms with Crippen molar-refractivity contribution < 1.29 is 9.90 Å². The van der Waals surface area contributed by atoms with Crippen LogP contribution in [0, 0.1) is 16.7 Å². The molecular formula is C24H28N4O2S. The summed E-state index contributed by atoms with van der Waals surface area (Å²) >= 11 is 1.88. The van der Waals surface area contributed by atoms with Crippen LogP contribution in [-0.4, -0.2) is 32.5 Å². The fourth-order valence-electron chi connectivity index (χ4n) is 4.20. The van der Waals surface area contributed by atoms with E-state index in [9.17, 15) is 9.90 Å². The van der Waals surface area contributed by atoms with Crippen molar-refractivity contribution in [2.45, 2.75) is 51.6 Å². The molecule has 6 nitrogen and oxygen atoms in total. The molecule has 1 aliphatic carbocycles. The van der Waals surface area contributed by atoms with Gasteiger partial charge in [0.05, 0.1) is 5.60 Å². The Kier molecular flexibility index (Phi) is 5.96. The Morgan fingerprint density at radius 2 is 2.06 bits per heavy atom. The van der Waals surface area contributed by atoms with Crippen LogP contribution in [0.4, 0.5) is 5.69 Å². The van der Waals surface area contributed by atoms with Gasteiger partial charge in [-0.3, -0.25) is 4.79 Å². The Morgan fingerprint density at radius 3 is 2.71 bits per heavy atom. The average molecular weight is 437 g/mol. The number of anilines is 1. The summed E-state index contributed by atoms with van der Waals surface area (Å²) in [5, 5.41) is 23.2. The van der Waals surface area contributed by atoms with Gasteiger partial charge in [-0.1, -0.05) is 26.0 Å². The van der Waals surface area contributed by atoms with Crippen LogP contribution in [0.5, 0.6) is 0 Å². The predicted octanol–water partition coefficient (Wildman–Crippen LogP) is 4.84. The molecule has 2 aliphatic rings. The first-order chi connectivity index (χ1) is 14.8. The smallest absolute Gasteiger partial charge is 0.291 e. The molecule has 0 unspecified atom stereocenters. The number of H-pyrrole nitrogens is 1. The van der Waals surface area contributed by atoms with Gasteiger partial charge in [-0.25, -0.2) is 4.98 Å². The van der Waals surface area contributed by atoms with Gasteiger partial charge in [0.1, 0.15) is 6.07 Å². The molecule has 4 rings (SSSR count). The van der Waals surface area contributed by atoms with Crippen molar-refractivity contribution in [3.63, 3.8) is 0 Å². The van der Waals surface area contributed by atoms with Crippen molar-refractivity contribution >= 4 is 28.9 Å². The van der Waals surface area contributed by atoms with E-state index in [2.05, 4.69) is 41.3 Å². The first-order valence-corrected chi connectivity index (χ1v) is 11.9. The molecule has 3 N–H and O–H groups in total. The lowest BCUT2D eigenvalue weighted by molar-refractivity contribution is 0.0281. The number of thioether (sulfide) groups is 1. The van der Waals surface area contributed by atoms with Gasteiger partial charge in [-0.05, 0) is 72.3 Å². The van der Waals surface area contributed by atoms with Crippen molar-refractivity contribution in [1.29, 1.82) is 5.26 Å². The second kappa shape index (κ2) is 8.52. The van der Waals surface area contributed by atoms with Gasteiger partial charge in [0.2, 0.25) is 0 Å². The molecular weight excluding hydrogens is 408 g/mol. The van der Waals surface area contributed by atoms with Crippen molar-refractivity contribution in [1.82, 2.24) is 9.97 Å². The predicted molar refractivity (Wildman–Crippen MR) is 124 cm³/mol. The van der Waals surface area contributed by atoms with Gasteiger partial charge in [0, 0.05) is 17.4 Å². The number of imidazole rings is 1. The monoisotopic (exact) mass is 436 g/mol. The molecule has 1 fully saturated rings. The Hall–Kier alpha value is -2.56. The van der Waals surface area contributed by atoms with Gasteiger partial charge in [-0.2, -0.15) is 17.0 Å². The van der Waals surface area contributed by atoms with Crippen molar-refractivity contribution in [3.05, 3.63) is 53.1 Å². The highest BCUT2D eigenvalue weighted by molar-refractivity contribution is 7.99. The highest BCUT2D eigenvalue weighted by Crippen LogP contribution is 2.42. The molecule has 0 bridgehead atoms. The minimum Gasteiger partial charge on any atom is -0.385 e. The number of amides is 1. The highest BCUT2D eigenvalue weighted by Gasteiger charge is 2.33. The summed E-state index contributed by atoms with van der Waals surface area (Å²) in [6.45, 7) is 4.54. The van der Waals surface area contributed by atoms with E-state index in [1.165, 1.54) is 11.8 Å². The van der Waals surface area contributed by atoms with Crippen LogP contribution in [0.2, 0.25) is 0 Å². The van der Waals surface area contributed by atoms with Gasteiger partial charge >= 0.3 is 0 Å². The van der Waals surface area contributed by atoms with Crippen LogP contribution in [0.1, 0.15) is 73.4 Å². The number of carbonyl (C=O) groups is 1. The molecule has 0 saturated carbocycles. The number of hydrogen-bond acceptors (Lipinski definition) is 5. The Bertz CT molecular complexity index is 1060. The largest absolute Gasteiger partial charge is 0.385 e. The van der Waals surface area contributed by atoms with Crippen LogP contribution in [-0.2, 0) is 5.60 Å². The molecule has 31 heavy (non-hydrogen) atoms. The summed E-state index contributed by atoms with van der Waals surface area (Å²) in [5.41, 5.74) is 3.39. The number of aliphatic hydroxyl groups is 1. The maximum atomic E-state index is 12.7. The maximum Gasteiger partial charge on any atom is 0.291 e. The zero-order valence-corrected chi connectivity index (χ0v) is 18.8. The zero-order valence-electron chi connectivity index (χ0n) is 18.0. The van der Waals surface area contributed by atoms with E-state index in [4.69, 9.17) is 5.26 Å². The highest BCUT2D eigenvalue weighted by atomic mass is 32.2. The lowest BCUT2D eigenvalue weighted by Crippen LogP contribution is -2.30. The van der Waals surface area contributed by atoms with Crippen LogP contribution >= 0.6 is 11.8 Å². The number of benzene rings is 1. The summed E-state index contributed by atoms with van der Waals surface area (Å²) in [5.74, 6) is 1.61.